The highest BCUT2D eigenvalue weighted by Crippen LogP contribution is 2.26. The lowest BCUT2D eigenvalue weighted by Gasteiger charge is -2.18. The van der Waals surface area contributed by atoms with Crippen LogP contribution < -0.4 is 4.74 Å². The maximum absolute atomic E-state index is 13.0. The number of ether oxygens (including phenoxy) is 1. The average Bonchev–Trinajstić information content (AvgIpc) is 3.34. The van der Waals surface area contributed by atoms with E-state index in [-0.39, 0.29) is 12.5 Å². The van der Waals surface area contributed by atoms with Gasteiger partial charge in [0.15, 0.2) is 0 Å². The van der Waals surface area contributed by atoms with Crippen molar-refractivity contribution in [2.75, 3.05) is 13.7 Å². The molecule has 0 spiro atoms. The monoisotopic (exact) mass is 355 g/mol. The van der Waals surface area contributed by atoms with E-state index < -0.39 is 0 Å². The first-order valence-electron chi connectivity index (χ1n) is 8.44. The van der Waals surface area contributed by atoms with Gasteiger partial charge >= 0.3 is 0 Å². The molecule has 0 aliphatic heterocycles. The van der Waals surface area contributed by atoms with Crippen molar-refractivity contribution in [2.45, 2.75) is 26.8 Å². The molecule has 0 aliphatic carbocycles. The molecule has 26 heavy (non-hydrogen) atoms. The summed E-state index contributed by atoms with van der Waals surface area (Å²) >= 11 is 0. The molecule has 0 aliphatic rings. The summed E-state index contributed by atoms with van der Waals surface area (Å²) in [7, 11) is 1.60. The van der Waals surface area contributed by atoms with Crippen LogP contribution in [0.15, 0.2) is 34.9 Å². The van der Waals surface area contributed by atoms with E-state index in [2.05, 4.69) is 20.4 Å². The Kier molecular flexibility index (Phi) is 5.31. The van der Waals surface area contributed by atoms with Gasteiger partial charge in [-0.05, 0) is 19.1 Å². The van der Waals surface area contributed by atoms with Gasteiger partial charge in [-0.15, -0.1) is 10.2 Å². The third-order valence-corrected chi connectivity index (χ3v) is 4.03. The minimum atomic E-state index is -0.157. The van der Waals surface area contributed by atoms with Crippen LogP contribution in [0.3, 0.4) is 0 Å². The van der Waals surface area contributed by atoms with Gasteiger partial charge in [-0.1, -0.05) is 19.1 Å². The van der Waals surface area contributed by atoms with Gasteiger partial charge < -0.3 is 14.1 Å². The summed E-state index contributed by atoms with van der Waals surface area (Å²) in [6.45, 7) is 4.60. The summed E-state index contributed by atoms with van der Waals surface area (Å²) in [5.41, 5.74) is 1.95. The van der Waals surface area contributed by atoms with Crippen molar-refractivity contribution in [3.05, 3.63) is 47.8 Å². The van der Waals surface area contributed by atoms with Crippen LogP contribution in [0.1, 0.15) is 36.0 Å². The van der Waals surface area contributed by atoms with Gasteiger partial charge in [0, 0.05) is 18.5 Å². The molecule has 0 saturated heterocycles. The molecule has 0 atom stereocenters. The summed E-state index contributed by atoms with van der Waals surface area (Å²) < 4.78 is 10.8. The third kappa shape index (κ3) is 3.58. The van der Waals surface area contributed by atoms with E-state index >= 15 is 0 Å². The van der Waals surface area contributed by atoms with Crippen LogP contribution in [0.2, 0.25) is 0 Å². The molecule has 0 bridgehead atoms. The Hall–Kier alpha value is -3.16. The molecule has 3 rings (SSSR count). The molecule has 8 heteroatoms. The predicted molar refractivity (Wildman–Crippen MR) is 94.7 cm³/mol. The van der Waals surface area contributed by atoms with Gasteiger partial charge in [-0.3, -0.25) is 9.89 Å². The lowest BCUT2D eigenvalue weighted by atomic mass is 10.1. The van der Waals surface area contributed by atoms with Crippen molar-refractivity contribution in [3.63, 3.8) is 0 Å². The van der Waals surface area contributed by atoms with Crippen LogP contribution >= 0.6 is 0 Å². The standard InChI is InChI=1S/C18H21N5O3/c1-4-15-20-21-16(26-15)11-23(5-2)18(24)14-10-19-22-17(14)12-7-6-8-13(9-12)25-3/h6-10H,4-5,11H2,1-3H3,(H,19,22). The number of methoxy groups -OCH3 is 1. The number of aromatic amines is 1. The van der Waals surface area contributed by atoms with Gasteiger partial charge in [0.2, 0.25) is 11.8 Å². The van der Waals surface area contributed by atoms with Crippen molar-refractivity contribution >= 4 is 5.91 Å². The van der Waals surface area contributed by atoms with E-state index in [4.69, 9.17) is 9.15 Å². The van der Waals surface area contributed by atoms with Gasteiger partial charge in [-0.25, -0.2) is 0 Å². The molecule has 2 aromatic heterocycles. The lowest BCUT2D eigenvalue weighted by molar-refractivity contribution is 0.0738. The Morgan fingerprint density at radius 2 is 2.08 bits per heavy atom. The summed E-state index contributed by atoms with van der Waals surface area (Å²) in [4.78, 5) is 14.7. The molecule has 8 nitrogen and oxygen atoms in total. The van der Waals surface area contributed by atoms with E-state index in [1.165, 1.54) is 6.20 Å². The number of aryl methyl sites for hydroxylation is 1. The molecule has 3 aromatic rings. The molecule has 2 heterocycles. The fraction of sp³-hybridized carbons (Fsp3) is 0.333. The summed E-state index contributed by atoms with van der Waals surface area (Å²) in [6.07, 6.45) is 2.19. The van der Waals surface area contributed by atoms with E-state index in [1.54, 1.807) is 12.0 Å². The SMILES string of the molecule is CCc1nnc(CN(CC)C(=O)c2cn[nH]c2-c2cccc(OC)c2)o1. The number of benzene rings is 1. The van der Waals surface area contributed by atoms with Crippen molar-refractivity contribution in [3.8, 4) is 17.0 Å². The average molecular weight is 355 g/mol. The third-order valence-electron chi connectivity index (χ3n) is 4.03. The number of rotatable bonds is 7. The van der Waals surface area contributed by atoms with Gasteiger partial charge in [0.05, 0.1) is 31.1 Å². The molecule has 136 valence electrons. The first-order chi connectivity index (χ1) is 12.7. The fourth-order valence-corrected chi connectivity index (χ4v) is 2.60. The number of hydrogen-bond donors (Lipinski definition) is 1. The molecular weight excluding hydrogens is 334 g/mol. The van der Waals surface area contributed by atoms with Crippen LogP contribution in [-0.2, 0) is 13.0 Å². The molecule has 0 fully saturated rings. The van der Waals surface area contributed by atoms with Crippen molar-refractivity contribution in [1.82, 2.24) is 25.3 Å². The minimum Gasteiger partial charge on any atom is -0.497 e. The van der Waals surface area contributed by atoms with Crippen LogP contribution in [-0.4, -0.2) is 44.9 Å². The first-order valence-corrected chi connectivity index (χ1v) is 8.44. The zero-order valence-corrected chi connectivity index (χ0v) is 15.0. The highest BCUT2D eigenvalue weighted by atomic mass is 16.5. The molecule has 0 unspecified atom stereocenters. The molecular formula is C18H21N5O3. The van der Waals surface area contributed by atoms with Crippen LogP contribution in [0, 0.1) is 0 Å². The number of carbonyl (C=O) groups excluding carboxylic acids is 1. The van der Waals surface area contributed by atoms with Crippen molar-refractivity contribution in [1.29, 1.82) is 0 Å². The number of aromatic nitrogens is 4. The number of nitrogens with zero attached hydrogens (tertiary/aromatic N) is 4. The quantitative estimate of drug-likeness (QED) is 0.700. The summed E-state index contributed by atoms with van der Waals surface area (Å²) in [5, 5.41) is 14.9. The normalized spacial score (nSPS) is 10.7. The maximum Gasteiger partial charge on any atom is 0.258 e. The zero-order chi connectivity index (χ0) is 18.5. The first kappa shape index (κ1) is 17.7. The molecule has 1 N–H and O–H groups in total. The highest BCUT2D eigenvalue weighted by Gasteiger charge is 2.22. The Labute approximate surface area is 151 Å². The largest absolute Gasteiger partial charge is 0.497 e. The number of amides is 1. The summed E-state index contributed by atoms with van der Waals surface area (Å²) in [5.74, 6) is 1.53. The number of nitrogens with one attached hydrogen (secondary N) is 1. The van der Waals surface area contributed by atoms with Crippen molar-refractivity contribution in [2.24, 2.45) is 0 Å². The Morgan fingerprint density at radius 1 is 1.27 bits per heavy atom. The van der Waals surface area contributed by atoms with E-state index in [1.807, 2.05) is 38.1 Å². The van der Waals surface area contributed by atoms with E-state index in [0.29, 0.717) is 41.8 Å². The zero-order valence-electron chi connectivity index (χ0n) is 15.0. The summed E-state index contributed by atoms with van der Waals surface area (Å²) in [6, 6.07) is 7.47. The van der Waals surface area contributed by atoms with E-state index in [0.717, 1.165) is 5.56 Å². The predicted octanol–water partition coefficient (Wildman–Crippen LogP) is 2.69. The highest BCUT2D eigenvalue weighted by molar-refractivity contribution is 5.99. The second-order valence-electron chi connectivity index (χ2n) is 5.65. The Balaban J connectivity index is 1.85. The van der Waals surface area contributed by atoms with Crippen LogP contribution in [0.25, 0.3) is 11.3 Å². The molecule has 1 amide bonds. The second-order valence-corrected chi connectivity index (χ2v) is 5.65. The Morgan fingerprint density at radius 3 is 2.77 bits per heavy atom. The number of hydrogen-bond acceptors (Lipinski definition) is 6. The number of carbonyl (C=O) groups is 1. The lowest BCUT2D eigenvalue weighted by Crippen LogP contribution is -2.30. The molecule has 0 saturated carbocycles. The van der Waals surface area contributed by atoms with Gasteiger partial charge in [0.25, 0.3) is 5.91 Å². The van der Waals surface area contributed by atoms with Crippen molar-refractivity contribution < 1.29 is 13.9 Å². The second kappa shape index (κ2) is 7.81. The molecule has 1 aromatic carbocycles. The van der Waals surface area contributed by atoms with Gasteiger partial charge in [-0.2, -0.15) is 5.10 Å². The Bertz CT molecular complexity index is 886. The van der Waals surface area contributed by atoms with Crippen LogP contribution in [0.4, 0.5) is 0 Å². The van der Waals surface area contributed by atoms with Gasteiger partial charge in [0.1, 0.15) is 5.75 Å². The maximum atomic E-state index is 13.0. The smallest absolute Gasteiger partial charge is 0.258 e. The topological polar surface area (TPSA) is 97.1 Å². The minimum absolute atomic E-state index is 0.157. The number of H-pyrrole nitrogens is 1. The van der Waals surface area contributed by atoms with E-state index in [9.17, 15) is 4.79 Å². The molecule has 0 radical (unpaired) electrons. The van der Waals surface area contributed by atoms with Crippen LogP contribution in [0.5, 0.6) is 5.75 Å². The fourth-order valence-electron chi connectivity index (χ4n) is 2.60.